The van der Waals surface area contributed by atoms with Crippen molar-refractivity contribution in [1.29, 1.82) is 0 Å². The van der Waals surface area contributed by atoms with Gasteiger partial charge in [0.25, 0.3) is 11.6 Å². The standard InChI is InChI=1S/C23H22N4O3/c1-23(18-12-14-20(15-13-18)27(29)30)24-21(16-17-8-4-2-5-9-17)22(28)26(23)25-19-10-6-3-7-11-19/h2-15,21,24-25H,16H2,1H3/t21-,23?/m0/s1. The summed E-state index contributed by atoms with van der Waals surface area (Å²) in [5.41, 5.74) is 4.92. The number of carbonyl (C=O) groups excluding carboxylic acids is 1. The molecule has 1 heterocycles. The van der Waals surface area contributed by atoms with Crippen LogP contribution in [0.5, 0.6) is 0 Å². The first kappa shape index (κ1) is 19.6. The lowest BCUT2D eigenvalue weighted by molar-refractivity contribution is -0.384. The highest BCUT2D eigenvalue weighted by Gasteiger charge is 2.49. The summed E-state index contributed by atoms with van der Waals surface area (Å²) in [5, 5.41) is 16.1. The van der Waals surface area contributed by atoms with E-state index in [1.165, 1.54) is 12.1 Å². The molecule has 0 aromatic heterocycles. The van der Waals surface area contributed by atoms with Crippen LogP contribution in [0.4, 0.5) is 11.4 Å². The zero-order chi connectivity index (χ0) is 21.1. The highest BCUT2D eigenvalue weighted by atomic mass is 16.6. The predicted octanol–water partition coefficient (Wildman–Crippen LogP) is 3.84. The van der Waals surface area contributed by atoms with Gasteiger partial charge in [-0.05, 0) is 48.7 Å². The second kappa shape index (κ2) is 7.96. The number of hydrazine groups is 1. The van der Waals surface area contributed by atoms with Gasteiger partial charge < -0.3 is 0 Å². The Bertz CT molecular complexity index is 1040. The van der Waals surface area contributed by atoms with Crippen LogP contribution in [0.2, 0.25) is 0 Å². The van der Waals surface area contributed by atoms with Crippen molar-refractivity contribution in [2.24, 2.45) is 0 Å². The maximum absolute atomic E-state index is 13.4. The van der Waals surface area contributed by atoms with Gasteiger partial charge in [-0.2, -0.15) is 0 Å². The monoisotopic (exact) mass is 402 g/mol. The molecule has 2 N–H and O–H groups in total. The molecule has 1 fully saturated rings. The minimum absolute atomic E-state index is 0.00933. The molecule has 1 amide bonds. The Balaban J connectivity index is 1.68. The molecule has 7 nitrogen and oxygen atoms in total. The summed E-state index contributed by atoms with van der Waals surface area (Å²) in [5.74, 6) is -0.0939. The van der Waals surface area contributed by atoms with Crippen LogP contribution in [0.15, 0.2) is 84.9 Å². The SMILES string of the molecule is CC1(c2ccc([N+](=O)[O-])cc2)N[C@@H](Cc2ccccc2)C(=O)N1Nc1ccccc1. The average Bonchev–Trinajstić information content (AvgIpc) is 3.00. The van der Waals surface area contributed by atoms with Crippen molar-refractivity contribution in [1.82, 2.24) is 10.3 Å². The molecular weight excluding hydrogens is 380 g/mol. The molecule has 4 rings (SSSR count). The summed E-state index contributed by atoms with van der Waals surface area (Å²) in [6, 6.07) is 25.1. The number of benzene rings is 3. The summed E-state index contributed by atoms with van der Waals surface area (Å²) >= 11 is 0. The Morgan fingerprint density at radius 3 is 2.20 bits per heavy atom. The minimum atomic E-state index is -0.887. The van der Waals surface area contributed by atoms with Gasteiger partial charge in [0.05, 0.1) is 16.7 Å². The molecule has 7 heteroatoms. The smallest absolute Gasteiger partial charge is 0.269 e. The van der Waals surface area contributed by atoms with E-state index in [0.717, 1.165) is 16.8 Å². The predicted molar refractivity (Wildman–Crippen MR) is 114 cm³/mol. The molecule has 152 valence electrons. The summed E-state index contributed by atoms with van der Waals surface area (Å²) in [6.45, 7) is 1.90. The van der Waals surface area contributed by atoms with Crippen LogP contribution >= 0.6 is 0 Å². The fourth-order valence-electron chi connectivity index (χ4n) is 3.76. The minimum Gasteiger partial charge on any atom is -0.294 e. The number of carbonyl (C=O) groups is 1. The first-order chi connectivity index (χ1) is 14.5. The van der Waals surface area contributed by atoms with E-state index in [-0.39, 0.29) is 11.6 Å². The van der Waals surface area contributed by atoms with Gasteiger partial charge >= 0.3 is 0 Å². The maximum Gasteiger partial charge on any atom is 0.269 e. The van der Waals surface area contributed by atoms with Crippen LogP contribution in [0.3, 0.4) is 0 Å². The van der Waals surface area contributed by atoms with Gasteiger partial charge in [0, 0.05) is 12.1 Å². The first-order valence-electron chi connectivity index (χ1n) is 9.70. The molecule has 2 atom stereocenters. The van der Waals surface area contributed by atoms with Crippen molar-refractivity contribution in [3.63, 3.8) is 0 Å². The van der Waals surface area contributed by atoms with Crippen molar-refractivity contribution in [2.45, 2.75) is 25.0 Å². The molecule has 0 radical (unpaired) electrons. The van der Waals surface area contributed by atoms with Crippen LogP contribution in [0.1, 0.15) is 18.1 Å². The van der Waals surface area contributed by atoms with E-state index in [4.69, 9.17) is 0 Å². The van der Waals surface area contributed by atoms with E-state index in [9.17, 15) is 14.9 Å². The molecule has 0 spiro atoms. The summed E-state index contributed by atoms with van der Waals surface area (Å²) < 4.78 is 0. The van der Waals surface area contributed by atoms with E-state index < -0.39 is 16.6 Å². The van der Waals surface area contributed by atoms with Crippen molar-refractivity contribution in [3.8, 4) is 0 Å². The molecule has 1 aliphatic heterocycles. The molecular formula is C23H22N4O3. The van der Waals surface area contributed by atoms with E-state index in [1.54, 1.807) is 17.1 Å². The van der Waals surface area contributed by atoms with Crippen molar-refractivity contribution >= 4 is 17.3 Å². The molecule has 0 aliphatic carbocycles. The average molecular weight is 402 g/mol. The van der Waals surface area contributed by atoms with Crippen LogP contribution in [-0.2, 0) is 16.9 Å². The van der Waals surface area contributed by atoms with Gasteiger partial charge in [0.15, 0.2) is 0 Å². The molecule has 3 aromatic rings. The van der Waals surface area contributed by atoms with E-state index in [1.807, 2.05) is 67.6 Å². The number of nitro benzene ring substituents is 1. The van der Waals surface area contributed by atoms with E-state index >= 15 is 0 Å². The van der Waals surface area contributed by atoms with Crippen LogP contribution < -0.4 is 10.7 Å². The third-order valence-corrected chi connectivity index (χ3v) is 5.36. The number of hydrogen-bond acceptors (Lipinski definition) is 5. The topological polar surface area (TPSA) is 87.5 Å². The number of hydrogen-bond donors (Lipinski definition) is 2. The zero-order valence-corrected chi connectivity index (χ0v) is 16.5. The lowest BCUT2D eigenvalue weighted by atomic mass is 10.0. The van der Waals surface area contributed by atoms with Crippen LogP contribution in [0.25, 0.3) is 0 Å². The first-order valence-corrected chi connectivity index (χ1v) is 9.70. The Morgan fingerprint density at radius 2 is 1.60 bits per heavy atom. The number of para-hydroxylation sites is 1. The molecule has 0 bridgehead atoms. The second-order valence-corrected chi connectivity index (χ2v) is 7.41. The summed E-state index contributed by atoms with van der Waals surface area (Å²) in [6.07, 6.45) is 0.537. The van der Waals surface area contributed by atoms with Crippen molar-refractivity contribution in [3.05, 3.63) is 106 Å². The molecule has 0 saturated carbocycles. The van der Waals surface area contributed by atoms with Gasteiger partial charge in [-0.15, -0.1) is 0 Å². The molecule has 1 unspecified atom stereocenters. The lowest BCUT2D eigenvalue weighted by Gasteiger charge is -2.35. The fraction of sp³-hybridized carbons (Fsp3) is 0.174. The number of nitrogens with one attached hydrogen (secondary N) is 2. The Labute approximate surface area is 174 Å². The van der Waals surface area contributed by atoms with Gasteiger partial charge in [-0.25, -0.2) is 5.01 Å². The Hall–Kier alpha value is -3.71. The van der Waals surface area contributed by atoms with Gasteiger partial charge in [-0.3, -0.25) is 25.7 Å². The highest BCUT2D eigenvalue weighted by molar-refractivity contribution is 5.87. The third kappa shape index (κ3) is 3.75. The molecule has 30 heavy (non-hydrogen) atoms. The summed E-state index contributed by atoms with van der Waals surface area (Å²) in [7, 11) is 0. The third-order valence-electron chi connectivity index (χ3n) is 5.36. The van der Waals surface area contributed by atoms with Crippen molar-refractivity contribution in [2.75, 3.05) is 5.43 Å². The molecule has 1 aliphatic rings. The lowest BCUT2D eigenvalue weighted by Crippen LogP contribution is -2.50. The van der Waals surface area contributed by atoms with E-state index in [2.05, 4.69) is 10.7 Å². The van der Waals surface area contributed by atoms with Crippen LogP contribution in [0, 0.1) is 10.1 Å². The maximum atomic E-state index is 13.4. The quantitative estimate of drug-likeness (QED) is 0.483. The normalized spacial score (nSPS) is 20.9. The number of non-ortho nitro benzene ring substituents is 1. The van der Waals surface area contributed by atoms with Gasteiger partial charge in [0.2, 0.25) is 0 Å². The number of anilines is 1. The Kier molecular flexibility index (Phi) is 5.20. The van der Waals surface area contributed by atoms with E-state index in [0.29, 0.717) is 6.42 Å². The van der Waals surface area contributed by atoms with Gasteiger partial charge in [0.1, 0.15) is 5.66 Å². The molecule has 3 aromatic carbocycles. The zero-order valence-electron chi connectivity index (χ0n) is 16.5. The Morgan fingerprint density at radius 1 is 1.00 bits per heavy atom. The number of nitro groups is 1. The van der Waals surface area contributed by atoms with Crippen LogP contribution in [-0.4, -0.2) is 21.9 Å². The molecule has 1 saturated heterocycles. The number of nitrogens with zero attached hydrogens (tertiary/aromatic N) is 2. The summed E-state index contributed by atoms with van der Waals surface area (Å²) in [4.78, 5) is 24.0. The fourth-order valence-corrected chi connectivity index (χ4v) is 3.76. The van der Waals surface area contributed by atoms with Gasteiger partial charge in [-0.1, -0.05) is 48.5 Å². The second-order valence-electron chi connectivity index (χ2n) is 7.41. The number of amides is 1. The number of rotatable bonds is 6. The largest absolute Gasteiger partial charge is 0.294 e. The van der Waals surface area contributed by atoms with Crippen molar-refractivity contribution < 1.29 is 9.72 Å². The highest BCUT2D eigenvalue weighted by Crippen LogP contribution is 2.34.